The van der Waals surface area contributed by atoms with Gasteiger partial charge in [-0.1, -0.05) is 36.4 Å². The molecule has 1 fully saturated rings. The molecule has 0 unspecified atom stereocenters. The molecule has 7 nitrogen and oxygen atoms in total. The molecular weight excluding hydrogens is 414 g/mol. The fraction of sp³-hybridized carbons (Fsp3) is 0.217. The van der Waals surface area contributed by atoms with Crippen molar-refractivity contribution in [3.63, 3.8) is 0 Å². The zero-order valence-electron chi connectivity index (χ0n) is 17.3. The summed E-state index contributed by atoms with van der Waals surface area (Å²) in [6, 6.07) is 19.6. The standard InChI is InChI=1S/C23H23N3O4S/c1-25(2)31(29,30)19-12-10-18(11-13-19)26-15-17(14-22(26)27)23(28)24-21-9-5-7-16-6-3-4-8-20(16)21/h3-13,17H,14-15H2,1-2H3,(H,24,28)/t17-/m1/s1. The van der Waals surface area contributed by atoms with Crippen LogP contribution in [-0.4, -0.2) is 45.2 Å². The molecule has 2 amide bonds. The lowest BCUT2D eigenvalue weighted by Crippen LogP contribution is -2.28. The molecule has 3 aromatic rings. The van der Waals surface area contributed by atoms with Crippen molar-refractivity contribution in [3.8, 4) is 0 Å². The van der Waals surface area contributed by atoms with E-state index in [1.807, 2.05) is 42.5 Å². The molecule has 3 aromatic carbocycles. The van der Waals surface area contributed by atoms with Crippen molar-refractivity contribution >= 4 is 44.0 Å². The molecule has 0 bridgehead atoms. The van der Waals surface area contributed by atoms with E-state index in [4.69, 9.17) is 0 Å². The number of amides is 2. The van der Waals surface area contributed by atoms with Crippen LogP contribution in [0.3, 0.4) is 0 Å². The van der Waals surface area contributed by atoms with Crippen LogP contribution in [0, 0.1) is 5.92 Å². The molecule has 31 heavy (non-hydrogen) atoms. The van der Waals surface area contributed by atoms with Crippen molar-refractivity contribution < 1.29 is 18.0 Å². The van der Waals surface area contributed by atoms with E-state index in [9.17, 15) is 18.0 Å². The summed E-state index contributed by atoms with van der Waals surface area (Å²) >= 11 is 0. The quantitative estimate of drug-likeness (QED) is 0.665. The molecule has 1 atom stereocenters. The van der Waals surface area contributed by atoms with Crippen LogP contribution in [0.4, 0.5) is 11.4 Å². The van der Waals surface area contributed by atoms with Gasteiger partial charge in [0.15, 0.2) is 0 Å². The number of carbonyl (C=O) groups excluding carboxylic acids is 2. The minimum atomic E-state index is -3.54. The summed E-state index contributed by atoms with van der Waals surface area (Å²) in [5, 5.41) is 4.93. The highest BCUT2D eigenvalue weighted by molar-refractivity contribution is 7.89. The van der Waals surface area contributed by atoms with Gasteiger partial charge < -0.3 is 10.2 Å². The number of anilines is 2. The summed E-state index contributed by atoms with van der Waals surface area (Å²) in [6.45, 7) is 0.245. The fourth-order valence-electron chi connectivity index (χ4n) is 3.71. The molecule has 1 aliphatic rings. The third kappa shape index (κ3) is 4.04. The lowest BCUT2D eigenvalue weighted by atomic mass is 10.1. The van der Waals surface area contributed by atoms with Crippen LogP contribution < -0.4 is 10.2 Å². The smallest absolute Gasteiger partial charge is 0.242 e. The first-order valence-corrected chi connectivity index (χ1v) is 11.3. The number of rotatable bonds is 5. The Morgan fingerprint density at radius 1 is 1.00 bits per heavy atom. The minimum absolute atomic E-state index is 0.106. The molecule has 4 rings (SSSR count). The Morgan fingerprint density at radius 2 is 1.68 bits per heavy atom. The zero-order chi connectivity index (χ0) is 22.2. The Hall–Kier alpha value is -3.23. The van der Waals surface area contributed by atoms with Crippen molar-refractivity contribution in [1.82, 2.24) is 4.31 Å². The minimum Gasteiger partial charge on any atom is -0.325 e. The average Bonchev–Trinajstić information content (AvgIpc) is 3.16. The SMILES string of the molecule is CN(C)S(=O)(=O)c1ccc(N2C[C@H](C(=O)Nc3cccc4ccccc34)CC2=O)cc1. The van der Waals surface area contributed by atoms with Gasteiger partial charge in [0.1, 0.15) is 0 Å². The second kappa shape index (κ2) is 8.13. The molecule has 0 radical (unpaired) electrons. The van der Waals surface area contributed by atoms with Crippen LogP contribution in [-0.2, 0) is 19.6 Å². The maximum atomic E-state index is 12.9. The van der Waals surface area contributed by atoms with Crippen molar-refractivity contribution in [3.05, 3.63) is 66.7 Å². The molecule has 0 aromatic heterocycles. The first-order chi connectivity index (χ1) is 14.8. The van der Waals surface area contributed by atoms with E-state index in [0.29, 0.717) is 11.4 Å². The van der Waals surface area contributed by atoms with E-state index in [1.165, 1.54) is 31.1 Å². The van der Waals surface area contributed by atoms with E-state index in [-0.39, 0.29) is 29.7 Å². The number of nitrogens with zero attached hydrogens (tertiary/aromatic N) is 2. The molecule has 0 aliphatic carbocycles. The van der Waals surface area contributed by atoms with Crippen molar-refractivity contribution in [2.24, 2.45) is 5.92 Å². The number of sulfonamides is 1. The highest BCUT2D eigenvalue weighted by Gasteiger charge is 2.35. The van der Waals surface area contributed by atoms with Crippen molar-refractivity contribution in [2.75, 3.05) is 30.9 Å². The van der Waals surface area contributed by atoms with Gasteiger partial charge in [0, 0.05) is 43.8 Å². The number of hydrogen-bond acceptors (Lipinski definition) is 4. The largest absolute Gasteiger partial charge is 0.325 e. The van der Waals surface area contributed by atoms with Crippen LogP contribution in [0.15, 0.2) is 71.6 Å². The predicted octanol–water partition coefficient (Wildman–Crippen LogP) is 3.08. The van der Waals surface area contributed by atoms with Gasteiger partial charge in [0.25, 0.3) is 0 Å². The van der Waals surface area contributed by atoms with Gasteiger partial charge in [0.2, 0.25) is 21.8 Å². The Kier molecular flexibility index (Phi) is 5.51. The van der Waals surface area contributed by atoms with Gasteiger partial charge in [-0.25, -0.2) is 12.7 Å². The van der Waals surface area contributed by atoms with Gasteiger partial charge in [-0.05, 0) is 35.7 Å². The summed E-state index contributed by atoms with van der Waals surface area (Å²) in [7, 11) is -0.612. The van der Waals surface area contributed by atoms with E-state index >= 15 is 0 Å². The topological polar surface area (TPSA) is 86.8 Å². The maximum absolute atomic E-state index is 12.9. The second-order valence-electron chi connectivity index (χ2n) is 7.70. The number of benzene rings is 3. The third-order valence-electron chi connectivity index (χ3n) is 5.47. The number of nitrogens with one attached hydrogen (secondary N) is 1. The van der Waals surface area contributed by atoms with Gasteiger partial charge in [-0.3, -0.25) is 9.59 Å². The summed E-state index contributed by atoms with van der Waals surface area (Å²) in [5.41, 5.74) is 1.29. The van der Waals surface area contributed by atoms with Gasteiger partial charge >= 0.3 is 0 Å². The van der Waals surface area contributed by atoms with Crippen LogP contribution >= 0.6 is 0 Å². The first kappa shape index (κ1) is 21.0. The molecule has 8 heteroatoms. The molecule has 1 N–H and O–H groups in total. The summed E-state index contributed by atoms with van der Waals surface area (Å²) in [6.07, 6.45) is 0.106. The molecular formula is C23H23N3O4S. The Morgan fingerprint density at radius 3 is 2.39 bits per heavy atom. The summed E-state index contributed by atoms with van der Waals surface area (Å²) in [4.78, 5) is 27.1. The number of carbonyl (C=O) groups is 2. The average molecular weight is 438 g/mol. The molecule has 160 valence electrons. The monoisotopic (exact) mass is 437 g/mol. The van der Waals surface area contributed by atoms with Crippen molar-refractivity contribution in [2.45, 2.75) is 11.3 Å². The Labute approximate surface area is 181 Å². The number of hydrogen-bond donors (Lipinski definition) is 1. The lowest BCUT2D eigenvalue weighted by Gasteiger charge is -2.18. The highest BCUT2D eigenvalue weighted by atomic mass is 32.2. The number of fused-ring (bicyclic) bond motifs is 1. The Balaban J connectivity index is 1.50. The molecule has 0 saturated carbocycles. The predicted molar refractivity (Wildman–Crippen MR) is 120 cm³/mol. The lowest BCUT2D eigenvalue weighted by molar-refractivity contribution is -0.122. The zero-order valence-corrected chi connectivity index (χ0v) is 18.1. The third-order valence-corrected chi connectivity index (χ3v) is 7.30. The van der Waals surface area contributed by atoms with Crippen LogP contribution in [0.5, 0.6) is 0 Å². The maximum Gasteiger partial charge on any atom is 0.242 e. The normalized spacial score (nSPS) is 16.8. The van der Waals surface area contributed by atoms with Gasteiger partial charge in [-0.2, -0.15) is 0 Å². The van der Waals surface area contributed by atoms with Crippen molar-refractivity contribution in [1.29, 1.82) is 0 Å². The summed E-state index contributed by atoms with van der Waals surface area (Å²) in [5.74, 6) is -0.864. The highest BCUT2D eigenvalue weighted by Crippen LogP contribution is 2.29. The van der Waals surface area contributed by atoms with E-state index in [0.717, 1.165) is 15.1 Å². The van der Waals surface area contributed by atoms with E-state index in [2.05, 4.69) is 5.32 Å². The first-order valence-electron chi connectivity index (χ1n) is 9.89. The molecule has 0 spiro atoms. The van der Waals surface area contributed by atoms with Crippen LogP contribution in [0.25, 0.3) is 10.8 Å². The Bertz CT molecular complexity index is 1250. The molecule has 1 saturated heterocycles. The van der Waals surface area contributed by atoms with Gasteiger partial charge in [-0.15, -0.1) is 0 Å². The summed E-state index contributed by atoms with van der Waals surface area (Å²) < 4.78 is 25.6. The van der Waals surface area contributed by atoms with Crippen LogP contribution in [0.2, 0.25) is 0 Å². The second-order valence-corrected chi connectivity index (χ2v) is 9.85. The molecule has 1 heterocycles. The van der Waals surface area contributed by atoms with E-state index < -0.39 is 15.9 Å². The van der Waals surface area contributed by atoms with Gasteiger partial charge in [0.05, 0.1) is 10.8 Å². The molecule has 1 aliphatic heterocycles. The van der Waals surface area contributed by atoms with Crippen LogP contribution in [0.1, 0.15) is 6.42 Å². The van der Waals surface area contributed by atoms with E-state index in [1.54, 1.807) is 12.1 Å². The fourth-order valence-corrected chi connectivity index (χ4v) is 4.61.